The van der Waals surface area contributed by atoms with Crippen LogP contribution >= 0.6 is 0 Å². The van der Waals surface area contributed by atoms with Crippen LogP contribution in [0.25, 0.3) is 0 Å². The third kappa shape index (κ3) is 4.31. The van der Waals surface area contributed by atoms with Gasteiger partial charge in [-0.25, -0.2) is 0 Å². The second-order valence-corrected chi connectivity index (χ2v) is 7.03. The smallest absolute Gasteiger partial charge is 0.0914 e. The van der Waals surface area contributed by atoms with Gasteiger partial charge in [0, 0.05) is 13.1 Å². The van der Waals surface area contributed by atoms with Gasteiger partial charge in [0.05, 0.1) is 6.10 Å². The molecule has 1 fully saturated rings. The minimum Gasteiger partial charge on any atom is -0.387 e. The third-order valence-electron chi connectivity index (χ3n) is 5.24. The molecule has 1 saturated carbocycles. The van der Waals surface area contributed by atoms with Crippen LogP contribution in [0.5, 0.6) is 0 Å². The Labute approximate surface area is 130 Å². The molecule has 1 aliphatic rings. The van der Waals surface area contributed by atoms with Crippen LogP contribution in [0.2, 0.25) is 0 Å². The first-order chi connectivity index (χ1) is 10.1. The molecular formula is C19H31NO. The van der Waals surface area contributed by atoms with Crippen molar-refractivity contribution >= 4 is 0 Å². The Kier molecular flexibility index (Phi) is 5.83. The first kappa shape index (κ1) is 16.5. The highest BCUT2D eigenvalue weighted by atomic mass is 16.3. The Morgan fingerprint density at radius 1 is 1.10 bits per heavy atom. The standard InChI is InChI=1S/C19H31NO/c1-4-19(11-5-6-12-19)14-20-13-18(21)17-9-7-16(8-10-17)15(2)3/h7-10,15,18,20-21H,4-6,11-14H2,1-3H3. The molecule has 2 nitrogen and oxygen atoms in total. The second-order valence-electron chi connectivity index (χ2n) is 7.03. The Morgan fingerprint density at radius 2 is 1.67 bits per heavy atom. The molecule has 0 radical (unpaired) electrons. The Morgan fingerprint density at radius 3 is 2.19 bits per heavy atom. The molecule has 0 bridgehead atoms. The summed E-state index contributed by atoms with van der Waals surface area (Å²) in [5, 5.41) is 13.8. The van der Waals surface area contributed by atoms with Crippen LogP contribution in [0.3, 0.4) is 0 Å². The van der Waals surface area contributed by atoms with Crippen molar-refractivity contribution < 1.29 is 5.11 Å². The molecule has 1 unspecified atom stereocenters. The highest BCUT2D eigenvalue weighted by Gasteiger charge is 2.31. The van der Waals surface area contributed by atoms with Crippen molar-refractivity contribution in [2.45, 2.75) is 64.9 Å². The molecule has 0 aromatic heterocycles. The number of nitrogens with one attached hydrogen (secondary N) is 1. The van der Waals surface area contributed by atoms with E-state index in [1.165, 1.54) is 37.7 Å². The quantitative estimate of drug-likeness (QED) is 0.779. The molecule has 118 valence electrons. The maximum absolute atomic E-state index is 10.3. The Balaban J connectivity index is 1.82. The normalized spacial score (nSPS) is 19.1. The maximum Gasteiger partial charge on any atom is 0.0914 e. The lowest BCUT2D eigenvalue weighted by atomic mass is 9.83. The summed E-state index contributed by atoms with van der Waals surface area (Å²) in [4.78, 5) is 0. The van der Waals surface area contributed by atoms with E-state index in [-0.39, 0.29) is 0 Å². The summed E-state index contributed by atoms with van der Waals surface area (Å²) in [6.45, 7) is 8.39. The van der Waals surface area contributed by atoms with Crippen LogP contribution in [-0.4, -0.2) is 18.2 Å². The molecule has 0 saturated heterocycles. The highest BCUT2D eigenvalue weighted by molar-refractivity contribution is 5.26. The van der Waals surface area contributed by atoms with E-state index in [1.807, 2.05) is 0 Å². The van der Waals surface area contributed by atoms with Gasteiger partial charge in [0.1, 0.15) is 0 Å². The number of hydrogen-bond acceptors (Lipinski definition) is 2. The lowest BCUT2D eigenvalue weighted by Crippen LogP contribution is -2.34. The van der Waals surface area contributed by atoms with Crippen LogP contribution in [0.1, 0.15) is 76.0 Å². The molecule has 2 heteroatoms. The molecule has 0 spiro atoms. The predicted octanol–water partition coefficient (Wildman–Crippen LogP) is 4.40. The van der Waals surface area contributed by atoms with Crippen molar-refractivity contribution in [2.24, 2.45) is 5.41 Å². The highest BCUT2D eigenvalue weighted by Crippen LogP contribution is 2.40. The predicted molar refractivity (Wildman–Crippen MR) is 89.6 cm³/mol. The van der Waals surface area contributed by atoms with Gasteiger partial charge in [0.25, 0.3) is 0 Å². The van der Waals surface area contributed by atoms with Crippen molar-refractivity contribution in [2.75, 3.05) is 13.1 Å². The van der Waals surface area contributed by atoms with Gasteiger partial charge < -0.3 is 10.4 Å². The van der Waals surface area contributed by atoms with E-state index in [0.29, 0.717) is 17.9 Å². The molecule has 0 amide bonds. The van der Waals surface area contributed by atoms with Crippen LogP contribution in [-0.2, 0) is 0 Å². The number of rotatable bonds is 7. The maximum atomic E-state index is 10.3. The summed E-state index contributed by atoms with van der Waals surface area (Å²) in [6.07, 6.45) is 6.27. The molecule has 1 aromatic carbocycles. The molecule has 2 N–H and O–H groups in total. The Bertz CT molecular complexity index is 418. The average Bonchev–Trinajstić information content (AvgIpc) is 2.96. The minimum absolute atomic E-state index is 0.401. The first-order valence-electron chi connectivity index (χ1n) is 8.55. The summed E-state index contributed by atoms with van der Waals surface area (Å²) >= 11 is 0. The van der Waals surface area contributed by atoms with Crippen LogP contribution < -0.4 is 5.32 Å². The topological polar surface area (TPSA) is 32.3 Å². The summed E-state index contributed by atoms with van der Waals surface area (Å²) in [6, 6.07) is 8.39. The summed E-state index contributed by atoms with van der Waals surface area (Å²) < 4.78 is 0. The molecular weight excluding hydrogens is 258 g/mol. The van der Waals surface area contributed by atoms with Crippen LogP contribution in [0, 0.1) is 5.41 Å². The van der Waals surface area contributed by atoms with Gasteiger partial charge in [-0.15, -0.1) is 0 Å². The molecule has 0 heterocycles. The third-order valence-corrected chi connectivity index (χ3v) is 5.24. The first-order valence-corrected chi connectivity index (χ1v) is 8.55. The minimum atomic E-state index is -0.401. The Hall–Kier alpha value is -0.860. The largest absolute Gasteiger partial charge is 0.387 e. The summed E-state index contributed by atoms with van der Waals surface area (Å²) in [7, 11) is 0. The van der Waals surface area contributed by atoms with Crippen molar-refractivity contribution in [1.29, 1.82) is 0 Å². The van der Waals surface area contributed by atoms with Gasteiger partial charge in [0.2, 0.25) is 0 Å². The number of aliphatic hydroxyl groups is 1. The summed E-state index contributed by atoms with van der Waals surface area (Å²) in [5.41, 5.74) is 2.83. The van der Waals surface area contributed by atoms with Crippen molar-refractivity contribution in [3.8, 4) is 0 Å². The fourth-order valence-electron chi connectivity index (χ4n) is 3.48. The molecule has 1 atom stereocenters. The number of benzene rings is 1. The van der Waals surface area contributed by atoms with Gasteiger partial charge in [-0.3, -0.25) is 0 Å². The van der Waals surface area contributed by atoms with E-state index >= 15 is 0 Å². The lowest BCUT2D eigenvalue weighted by molar-refractivity contribution is 0.163. The molecule has 1 aromatic rings. The van der Waals surface area contributed by atoms with Gasteiger partial charge in [-0.1, -0.05) is 57.9 Å². The monoisotopic (exact) mass is 289 g/mol. The van der Waals surface area contributed by atoms with Gasteiger partial charge in [-0.2, -0.15) is 0 Å². The van der Waals surface area contributed by atoms with E-state index < -0.39 is 6.10 Å². The summed E-state index contributed by atoms with van der Waals surface area (Å²) in [5.74, 6) is 0.543. The van der Waals surface area contributed by atoms with Gasteiger partial charge in [-0.05, 0) is 41.7 Å². The number of hydrogen-bond donors (Lipinski definition) is 2. The van der Waals surface area contributed by atoms with Crippen molar-refractivity contribution in [3.63, 3.8) is 0 Å². The molecule has 1 aliphatic carbocycles. The molecule has 2 rings (SSSR count). The van der Waals surface area contributed by atoms with Crippen molar-refractivity contribution in [1.82, 2.24) is 5.32 Å². The van der Waals surface area contributed by atoms with E-state index in [0.717, 1.165) is 12.1 Å². The fourth-order valence-corrected chi connectivity index (χ4v) is 3.48. The van der Waals surface area contributed by atoms with Crippen LogP contribution in [0.4, 0.5) is 0 Å². The zero-order valence-electron chi connectivity index (χ0n) is 13.9. The van der Waals surface area contributed by atoms with E-state index in [1.54, 1.807) is 0 Å². The van der Waals surface area contributed by atoms with E-state index in [9.17, 15) is 5.11 Å². The molecule has 0 aliphatic heterocycles. The average molecular weight is 289 g/mol. The van der Waals surface area contributed by atoms with Crippen LogP contribution in [0.15, 0.2) is 24.3 Å². The lowest BCUT2D eigenvalue weighted by Gasteiger charge is -2.28. The number of aliphatic hydroxyl groups excluding tert-OH is 1. The fraction of sp³-hybridized carbons (Fsp3) is 0.684. The zero-order chi connectivity index (χ0) is 15.3. The SMILES string of the molecule is CCC1(CNCC(O)c2ccc(C(C)C)cc2)CCCC1. The second kappa shape index (κ2) is 7.42. The van der Waals surface area contributed by atoms with Crippen molar-refractivity contribution in [3.05, 3.63) is 35.4 Å². The van der Waals surface area contributed by atoms with Gasteiger partial charge in [0.15, 0.2) is 0 Å². The molecule has 21 heavy (non-hydrogen) atoms. The zero-order valence-corrected chi connectivity index (χ0v) is 13.9. The van der Waals surface area contributed by atoms with E-state index in [4.69, 9.17) is 0 Å². The van der Waals surface area contributed by atoms with Gasteiger partial charge >= 0.3 is 0 Å². The van der Waals surface area contributed by atoms with E-state index in [2.05, 4.69) is 50.4 Å².